The summed E-state index contributed by atoms with van der Waals surface area (Å²) in [6, 6.07) is 1.54. The van der Waals surface area contributed by atoms with Crippen LogP contribution in [0, 0.1) is 5.92 Å². The minimum atomic E-state index is -0.452. The maximum absolute atomic E-state index is 12.0. The fourth-order valence-electron chi connectivity index (χ4n) is 2.30. The Balaban J connectivity index is 1.93. The molecule has 0 spiro atoms. The van der Waals surface area contributed by atoms with Crippen molar-refractivity contribution in [2.45, 2.75) is 12.8 Å². The van der Waals surface area contributed by atoms with Crippen molar-refractivity contribution in [3.63, 3.8) is 0 Å². The fourth-order valence-corrected chi connectivity index (χ4v) is 2.30. The number of methoxy groups -OCH3 is 1. The normalized spacial score (nSPS) is 18.6. The van der Waals surface area contributed by atoms with Gasteiger partial charge in [0.05, 0.1) is 19.3 Å². The number of aryl methyl sites for hydroxylation is 1. The summed E-state index contributed by atoms with van der Waals surface area (Å²) in [6.07, 6.45) is 3.74. The lowest BCUT2D eigenvalue weighted by molar-refractivity contribution is 0.0536. The summed E-state index contributed by atoms with van der Waals surface area (Å²) in [5.41, 5.74) is 0.822. The van der Waals surface area contributed by atoms with Crippen molar-refractivity contribution in [1.82, 2.24) is 9.88 Å². The van der Waals surface area contributed by atoms with E-state index in [-0.39, 0.29) is 5.91 Å². The zero-order valence-corrected chi connectivity index (χ0v) is 11.8. The van der Waals surface area contributed by atoms with Gasteiger partial charge < -0.3 is 19.4 Å². The number of esters is 1. The lowest BCUT2D eigenvalue weighted by atomic mass is 10.0. The molecule has 2 heterocycles. The van der Waals surface area contributed by atoms with Gasteiger partial charge in [-0.25, -0.2) is 4.79 Å². The number of amides is 1. The van der Waals surface area contributed by atoms with Crippen molar-refractivity contribution < 1.29 is 19.1 Å². The number of nitrogens with one attached hydrogen (secondary N) is 1. The molecule has 20 heavy (non-hydrogen) atoms. The van der Waals surface area contributed by atoms with Crippen LogP contribution in [0.3, 0.4) is 0 Å². The first-order chi connectivity index (χ1) is 9.61. The highest BCUT2D eigenvalue weighted by Gasteiger charge is 2.18. The van der Waals surface area contributed by atoms with Crippen LogP contribution in [0.2, 0.25) is 0 Å². The van der Waals surface area contributed by atoms with Crippen molar-refractivity contribution in [3.05, 3.63) is 23.5 Å². The van der Waals surface area contributed by atoms with Gasteiger partial charge in [0.25, 0.3) is 5.91 Å². The van der Waals surface area contributed by atoms with Gasteiger partial charge in [-0.2, -0.15) is 0 Å². The van der Waals surface area contributed by atoms with Crippen LogP contribution >= 0.6 is 0 Å². The Labute approximate surface area is 118 Å². The van der Waals surface area contributed by atoms with Gasteiger partial charge in [-0.1, -0.05) is 0 Å². The lowest BCUT2D eigenvalue weighted by Gasteiger charge is -2.22. The average molecular weight is 280 g/mol. The molecule has 1 fully saturated rings. The van der Waals surface area contributed by atoms with Gasteiger partial charge in [0.2, 0.25) is 0 Å². The van der Waals surface area contributed by atoms with Crippen LogP contribution in [0.1, 0.15) is 33.7 Å². The third-order valence-corrected chi connectivity index (χ3v) is 3.47. The van der Waals surface area contributed by atoms with Crippen molar-refractivity contribution >= 4 is 11.9 Å². The summed E-state index contributed by atoms with van der Waals surface area (Å²) in [5.74, 6) is -0.259. The third kappa shape index (κ3) is 3.39. The Morgan fingerprint density at radius 1 is 1.55 bits per heavy atom. The molecule has 1 aliphatic rings. The molecule has 6 heteroatoms. The highest BCUT2D eigenvalue weighted by Crippen LogP contribution is 2.13. The second-order valence-electron chi connectivity index (χ2n) is 5.01. The molecule has 0 radical (unpaired) electrons. The maximum Gasteiger partial charge on any atom is 0.354 e. The van der Waals surface area contributed by atoms with E-state index in [9.17, 15) is 9.59 Å². The molecule has 0 aromatic carbocycles. The number of ether oxygens (including phenoxy) is 2. The molecule has 1 aromatic rings. The zero-order valence-electron chi connectivity index (χ0n) is 11.8. The van der Waals surface area contributed by atoms with E-state index in [0.717, 1.165) is 19.4 Å². The number of aromatic nitrogens is 1. The minimum absolute atomic E-state index is 0.179. The van der Waals surface area contributed by atoms with Gasteiger partial charge in [0.1, 0.15) is 5.69 Å². The fraction of sp³-hybridized carbons (Fsp3) is 0.571. The van der Waals surface area contributed by atoms with E-state index in [4.69, 9.17) is 4.74 Å². The van der Waals surface area contributed by atoms with Gasteiger partial charge in [-0.3, -0.25) is 4.79 Å². The smallest absolute Gasteiger partial charge is 0.354 e. The second-order valence-corrected chi connectivity index (χ2v) is 5.01. The Morgan fingerprint density at radius 2 is 2.35 bits per heavy atom. The molecule has 0 unspecified atom stereocenters. The topological polar surface area (TPSA) is 69.6 Å². The van der Waals surface area contributed by atoms with E-state index in [0.29, 0.717) is 30.3 Å². The van der Waals surface area contributed by atoms with Crippen LogP contribution in [0.4, 0.5) is 0 Å². The molecule has 110 valence electrons. The van der Waals surface area contributed by atoms with Gasteiger partial charge >= 0.3 is 5.97 Å². The molecule has 1 aromatic heterocycles. The number of hydrogen-bond acceptors (Lipinski definition) is 4. The van der Waals surface area contributed by atoms with E-state index in [2.05, 4.69) is 10.1 Å². The lowest BCUT2D eigenvalue weighted by Crippen LogP contribution is -2.33. The van der Waals surface area contributed by atoms with Crippen molar-refractivity contribution in [2.24, 2.45) is 13.0 Å². The van der Waals surface area contributed by atoms with E-state index >= 15 is 0 Å². The molecular formula is C14H20N2O4. The van der Waals surface area contributed by atoms with Crippen LogP contribution in [0.25, 0.3) is 0 Å². The van der Waals surface area contributed by atoms with Gasteiger partial charge in [-0.05, 0) is 24.8 Å². The first-order valence-corrected chi connectivity index (χ1v) is 6.72. The molecule has 1 aliphatic heterocycles. The van der Waals surface area contributed by atoms with Gasteiger partial charge in [-0.15, -0.1) is 0 Å². The molecule has 1 saturated heterocycles. The molecule has 0 aliphatic carbocycles. The van der Waals surface area contributed by atoms with E-state index < -0.39 is 5.97 Å². The average Bonchev–Trinajstić information content (AvgIpc) is 2.87. The predicted octanol–water partition coefficient (Wildman–Crippen LogP) is 0.968. The monoisotopic (exact) mass is 280 g/mol. The molecule has 0 bridgehead atoms. The molecule has 1 atom stereocenters. The maximum atomic E-state index is 12.0. The van der Waals surface area contributed by atoms with Crippen LogP contribution < -0.4 is 5.32 Å². The standard InChI is InChI=1S/C14H20N2O4/c1-16-8-11(6-12(16)14(18)19-2)13(17)15-7-10-4-3-5-20-9-10/h6,8,10H,3-5,7,9H2,1-2H3,(H,15,17)/t10-/m0/s1. The molecule has 0 saturated carbocycles. The largest absolute Gasteiger partial charge is 0.464 e. The second kappa shape index (κ2) is 6.56. The highest BCUT2D eigenvalue weighted by atomic mass is 16.5. The quantitative estimate of drug-likeness (QED) is 0.834. The summed E-state index contributed by atoms with van der Waals surface area (Å²) in [5, 5.41) is 2.88. The number of rotatable bonds is 4. The van der Waals surface area contributed by atoms with Crippen LogP contribution in [-0.2, 0) is 16.5 Å². The Hall–Kier alpha value is -1.82. The first kappa shape index (κ1) is 14.6. The molecular weight excluding hydrogens is 260 g/mol. The summed E-state index contributed by atoms with van der Waals surface area (Å²) >= 11 is 0. The summed E-state index contributed by atoms with van der Waals surface area (Å²) in [6.45, 7) is 2.11. The molecule has 6 nitrogen and oxygen atoms in total. The zero-order chi connectivity index (χ0) is 14.5. The number of carbonyl (C=O) groups is 2. The summed E-state index contributed by atoms with van der Waals surface area (Å²) in [7, 11) is 3.02. The van der Waals surface area contributed by atoms with Gasteiger partial charge in [0.15, 0.2) is 0 Å². The third-order valence-electron chi connectivity index (χ3n) is 3.47. The van der Waals surface area contributed by atoms with Crippen molar-refractivity contribution in [1.29, 1.82) is 0 Å². The van der Waals surface area contributed by atoms with Crippen molar-refractivity contribution in [2.75, 3.05) is 26.9 Å². The summed E-state index contributed by atoms with van der Waals surface area (Å²) < 4.78 is 11.6. The number of nitrogens with zero attached hydrogens (tertiary/aromatic N) is 1. The SMILES string of the molecule is COC(=O)c1cc(C(=O)NC[C@@H]2CCCOC2)cn1C. The van der Waals surface area contributed by atoms with E-state index in [1.165, 1.54) is 7.11 Å². The Kier molecular flexibility index (Phi) is 4.79. The first-order valence-electron chi connectivity index (χ1n) is 6.72. The van der Waals surface area contributed by atoms with E-state index in [1.54, 1.807) is 23.9 Å². The Morgan fingerprint density at radius 3 is 3.00 bits per heavy atom. The van der Waals surface area contributed by atoms with Crippen LogP contribution in [-0.4, -0.2) is 43.3 Å². The highest BCUT2D eigenvalue weighted by molar-refractivity contribution is 5.97. The van der Waals surface area contributed by atoms with E-state index in [1.807, 2.05) is 0 Å². The predicted molar refractivity (Wildman–Crippen MR) is 72.6 cm³/mol. The molecule has 2 rings (SSSR count). The Bertz CT molecular complexity index is 489. The summed E-state index contributed by atoms with van der Waals surface area (Å²) in [4.78, 5) is 23.5. The van der Waals surface area contributed by atoms with Gasteiger partial charge in [0, 0.05) is 26.4 Å². The number of hydrogen-bond donors (Lipinski definition) is 1. The molecule has 1 N–H and O–H groups in total. The number of carbonyl (C=O) groups excluding carboxylic acids is 2. The molecule has 1 amide bonds. The van der Waals surface area contributed by atoms with Crippen LogP contribution in [0.5, 0.6) is 0 Å². The van der Waals surface area contributed by atoms with Crippen molar-refractivity contribution in [3.8, 4) is 0 Å². The minimum Gasteiger partial charge on any atom is -0.464 e. The van der Waals surface area contributed by atoms with Crippen LogP contribution in [0.15, 0.2) is 12.3 Å².